The van der Waals surface area contributed by atoms with Gasteiger partial charge in [-0.3, -0.25) is 4.79 Å². The van der Waals surface area contributed by atoms with Gasteiger partial charge in [0.15, 0.2) is 0 Å². The predicted molar refractivity (Wildman–Crippen MR) is 61.6 cm³/mol. The number of unbranched alkanes of at least 4 members (excludes halogenated alkanes) is 1. The van der Waals surface area contributed by atoms with Gasteiger partial charge in [-0.05, 0) is 30.8 Å². The Balaban J connectivity index is 2.48. The third kappa shape index (κ3) is 4.66. The van der Waals surface area contributed by atoms with Crippen LogP contribution in [-0.2, 0) is 0 Å². The molecule has 4 nitrogen and oxygen atoms in total. The first-order chi connectivity index (χ1) is 8.15. The molecule has 0 saturated heterocycles. The number of nitrogens with one attached hydrogen (secondary N) is 1. The van der Waals surface area contributed by atoms with E-state index in [2.05, 4.69) is 10.1 Å². The topological polar surface area (TPSA) is 64.3 Å². The molecular weight excluding hydrogens is 250 g/mol. The Morgan fingerprint density at radius 1 is 1.53 bits per heavy atom. The number of hydrogen-bond donors (Lipinski definition) is 2. The quantitative estimate of drug-likeness (QED) is 0.738. The number of carbonyl (C=O) groups excluding carboxylic acids is 1. The van der Waals surface area contributed by atoms with Crippen LogP contribution in [0.2, 0.25) is 0 Å². The zero-order valence-corrected chi connectivity index (χ0v) is 9.93. The van der Waals surface area contributed by atoms with Crippen LogP contribution in [0, 0.1) is 0 Å². The van der Waals surface area contributed by atoms with Crippen LogP contribution in [0.15, 0.2) is 11.4 Å². The van der Waals surface area contributed by atoms with Crippen molar-refractivity contribution in [2.24, 2.45) is 5.73 Å². The number of rotatable bonds is 7. The SMILES string of the molecule is NCCCCNC(=O)c1sccc1OC(F)F. The van der Waals surface area contributed by atoms with Gasteiger partial charge in [-0.25, -0.2) is 0 Å². The molecule has 1 rings (SSSR count). The van der Waals surface area contributed by atoms with Gasteiger partial charge in [0, 0.05) is 6.54 Å². The van der Waals surface area contributed by atoms with Crippen molar-refractivity contribution < 1.29 is 18.3 Å². The van der Waals surface area contributed by atoms with Gasteiger partial charge in [-0.15, -0.1) is 11.3 Å². The summed E-state index contributed by atoms with van der Waals surface area (Å²) in [5, 5.41) is 4.16. The van der Waals surface area contributed by atoms with Gasteiger partial charge in [-0.2, -0.15) is 8.78 Å². The van der Waals surface area contributed by atoms with Crippen molar-refractivity contribution in [2.45, 2.75) is 19.5 Å². The fraction of sp³-hybridized carbons (Fsp3) is 0.500. The van der Waals surface area contributed by atoms with E-state index in [1.165, 1.54) is 11.4 Å². The molecule has 1 aromatic rings. The second-order valence-corrected chi connectivity index (χ2v) is 4.16. The summed E-state index contributed by atoms with van der Waals surface area (Å²) >= 11 is 1.07. The number of nitrogens with two attached hydrogens (primary N) is 1. The minimum Gasteiger partial charge on any atom is -0.433 e. The average molecular weight is 264 g/mol. The van der Waals surface area contributed by atoms with E-state index in [1.54, 1.807) is 0 Å². The van der Waals surface area contributed by atoms with E-state index in [1.807, 2.05) is 0 Å². The molecule has 1 amide bonds. The summed E-state index contributed by atoms with van der Waals surface area (Å²) in [5.74, 6) is -0.478. The van der Waals surface area contributed by atoms with E-state index in [-0.39, 0.29) is 10.6 Å². The molecule has 3 N–H and O–H groups in total. The van der Waals surface area contributed by atoms with Gasteiger partial charge < -0.3 is 15.8 Å². The van der Waals surface area contributed by atoms with Crippen LogP contribution in [0.3, 0.4) is 0 Å². The summed E-state index contributed by atoms with van der Waals surface area (Å²) in [6, 6.07) is 1.35. The van der Waals surface area contributed by atoms with Crippen molar-refractivity contribution in [2.75, 3.05) is 13.1 Å². The highest BCUT2D eigenvalue weighted by Crippen LogP contribution is 2.26. The molecule has 0 aliphatic rings. The number of halogens is 2. The maximum Gasteiger partial charge on any atom is 0.387 e. The standard InChI is InChI=1S/C10H14F2N2O2S/c11-10(12)16-7-3-6-17-8(7)9(15)14-5-2-1-4-13/h3,6,10H,1-2,4-5,13H2,(H,14,15). The molecule has 0 fully saturated rings. The third-order valence-corrected chi connectivity index (χ3v) is 2.86. The first kappa shape index (κ1) is 13.9. The maximum absolute atomic E-state index is 12.0. The molecule has 0 aliphatic heterocycles. The van der Waals surface area contributed by atoms with Gasteiger partial charge in [0.1, 0.15) is 10.6 Å². The van der Waals surface area contributed by atoms with Crippen LogP contribution in [0.25, 0.3) is 0 Å². The van der Waals surface area contributed by atoms with Crippen molar-refractivity contribution in [1.29, 1.82) is 0 Å². The smallest absolute Gasteiger partial charge is 0.387 e. The summed E-state index contributed by atoms with van der Waals surface area (Å²) < 4.78 is 28.3. The molecule has 0 atom stereocenters. The van der Waals surface area contributed by atoms with Crippen LogP contribution in [0.5, 0.6) is 5.75 Å². The summed E-state index contributed by atoms with van der Waals surface area (Å²) in [6.07, 6.45) is 1.57. The fourth-order valence-corrected chi connectivity index (χ4v) is 1.94. The fourth-order valence-electron chi connectivity index (χ4n) is 1.20. The van der Waals surface area contributed by atoms with E-state index in [0.717, 1.165) is 24.2 Å². The highest BCUT2D eigenvalue weighted by Gasteiger charge is 2.16. The second kappa shape index (κ2) is 7.18. The van der Waals surface area contributed by atoms with Crippen LogP contribution >= 0.6 is 11.3 Å². The van der Waals surface area contributed by atoms with Crippen LogP contribution in [-0.4, -0.2) is 25.6 Å². The summed E-state index contributed by atoms with van der Waals surface area (Å²) in [4.78, 5) is 11.8. The largest absolute Gasteiger partial charge is 0.433 e. The minimum absolute atomic E-state index is 0.0821. The molecule has 7 heteroatoms. The van der Waals surface area contributed by atoms with Crippen LogP contribution in [0.1, 0.15) is 22.5 Å². The minimum atomic E-state index is -2.92. The van der Waals surface area contributed by atoms with Crippen molar-refractivity contribution in [3.63, 3.8) is 0 Å². The average Bonchev–Trinajstić information content (AvgIpc) is 2.71. The van der Waals surface area contributed by atoms with E-state index in [9.17, 15) is 13.6 Å². The van der Waals surface area contributed by atoms with Gasteiger partial charge in [0.05, 0.1) is 0 Å². The van der Waals surface area contributed by atoms with Crippen LogP contribution < -0.4 is 15.8 Å². The Kier molecular flexibility index (Phi) is 5.85. The van der Waals surface area contributed by atoms with Gasteiger partial charge >= 0.3 is 6.61 Å². The van der Waals surface area contributed by atoms with E-state index >= 15 is 0 Å². The number of amides is 1. The number of hydrogen-bond acceptors (Lipinski definition) is 4. The first-order valence-electron chi connectivity index (χ1n) is 5.15. The second-order valence-electron chi connectivity index (χ2n) is 3.24. The monoisotopic (exact) mass is 264 g/mol. The Hall–Kier alpha value is -1.21. The van der Waals surface area contributed by atoms with Crippen molar-refractivity contribution in [3.8, 4) is 5.75 Å². The third-order valence-electron chi connectivity index (χ3n) is 1.97. The molecule has 0 aliphatic carbocycles. The predicted octanol–water partition coefficient (Wildman–Crippen LogP) is 1.82. The lowest BCUT2D eigenvalue weighted by atomic mass is 10.3. The number of ether oxygens (including phenoxy) is 1. The molecule has 0 bridgehead atoms. The zero-order chi connectivity index (χ0) is 12.7. The Labute approximate surface area is 102 Å². The zero-order valence-electron chi connectivity index (χ0n) is 9.12. The molecule has 1 aromatic heterocycles. The van der Waals surface area contributed by atoms with Gasteiger partial charge in [-0.1, -0.05) is 0 Å². The number of thiophene rings is 1. The summed E-state index contributed by atoms with van der Waals surface area (Å²) in [5.41, 5.74) is 5.30. The summed E-state index contributed by atoms with van der Waals surface area (Å²) in [6.45, 7) is -1.88. The molecule has 0 saturated carbocycles. The Morgan fingerprint density at radius 2 is 2.29 bits per heavy atom. The van der Waals surface area contributed by atoms with E-state index < -0.39 is 12.5 Å². The Bertz CT molecular complexity index is 358. The molecule has 0 spiro atoms. The highest BCUT2D eigenvalue weighted by molar-refractivity contribution is 7.12. The number of carbonyl (C=O) groups is 1. The van der Waals surface area contributed by atoms with Crippen molar-refractivity contribution >= 4 is 17.2 Å². The first-order valence-corrected chi connectivity index (χ1v) is 6.03. The molecule has 0 unspecified atom stereocenters. The van der Waals surface area contributed by atoms with Crippen molar-refractivity contribution in [1.82, 2.24) is 5.32 Å². The lowest BCUT2D eigenvalue weighted by Gasteiger charge is -2.06. The molecule has 1 heterocycles. The molecular formula is C10H14F2N2O2S. The van der Waals surface area contributed by atoms with Gasteiger partial charge in [0.25, 0.3) is 5.91 Å². The van der Waals surface area contributed by atoms with Crippen LogP contribution in [0.4, 0.5) is 8.78 Å². The molecule has 0 aromatic carbocycles. The van der Waals surface area contributed by atoms with Crippen molar-refractivity contribution in [3.05, 3.63) is 16.3 Å². The normalized spacial score (nSPS) is 10.6. The van der Waals surface area contributed by atoms with Gasteiger partial charge in [0.2, 0.25) is 0 Å². The molecule has 0 radical (unpaired) electrons. The Morgan fingerprint density at radius 3 is 2.94 bits per heavy atom. The summed E-state index contributed by atoms with van der Waals surface area (Å²) in [7, 11) is 0. The lowest BCUT2D eigenvalue weighted by Crippen LogP contribution is -2.24. The van der Waals surface area contributed by atoms with E-state index in [0.29, 0.717) is 13.1 Å². The maximum atomic E-state index is 12.0. The highest BCUT2D eigenvalue weighted by atomic mass is 32.1. The number of alkyl halides is 2. The lowest BCUT2D eigenvalue weighted by molar-refractivity contribution is -0.0498. The molecule has 17 heavy (non-hydrogen) atoms. The molecule has 96 valence electrons. The van der Waals surface area contributed by atoms with E-state index in [4.69, 9.17) is 5.73 Å².